The maximum Gasteiger partial charge on any atom is 0.262 e. The first-order chi connectivity index (χ1) is 31.6. The molecule has 4 heterocycles. The molecule has 65 heavy (non-hydrogen) atoms. The molecule has 4 aliphatic heterocycles. The molecule has 1 aliphatic carbocycles. The van der Waals surface area contributed by atoms with Crippen LogP contribution in [-0.2, 0) is 50.0 Å². The number of carbonyl (C=O) groups excluding carboxylic acids is 4. The van der Waals surface area contributed by atoms with Crippen LogP contribution in [0.1, 0.15) is 93.5 Å². The summed E-state index contributed by atoms with van der Waals surface area (Å²) in [5.74, 6) is -0.850. The van der Waals surface area contributed by atoms with E-state index in [9.17, 15) is 29.4 Å². The highest BCUT2D eigenvalue weighted by Crippen LogP contribution is 2.41. The lowest BCUT2D eigenvalue weighted by atomic mass is 9.90. The molecule has 1 atom stereocenters. The number of phenolic OH excluding ortho intramolecular Hbond substituents is 2. The van der Waals surface area contributed by atoms with Gasteiger partial charge in [0.2, 0.25) is 11.8 Å². The van der Waals surface area contributed by atoms with Gasteiger partial charge in [0.25, 0.3) is 11.8 Å². The van der Waals surface area contributed by atoms with Crippen LogP contribution in [0.2, 0.25) is 0 Å². The van der Waals surface area contributed by atoms with E-state index in [1.807, 2.05) is 12.1 Å². The van der Waals surface area contributed by atoms with E-state index in [1.165, 1.54) is 30.9 Å². The second-order valence-electron chi connectivity index (χ2n) is 17.9. The van der Waals surface area contributed by atoms with Crippen molar-refractivity contribution in [3.8, 4) is 17.2 Å². The van der Waals surface area contributed by atoms with Gasteiger partial charge in [-0.2, -0.15) is 0 Å². The number of hydrogen-bond donors (Lipinski definition) is 4. The van der Waals surface area contributed by atoms with Gasteiger partial charge in [-0.3, -0.25) is 34.3 Å². The highest BCUT2D eigenvalue weighted by Gasteiger charge is 2.40. The summed E-state index contributed by atoms with van der Waals surface area (Å²) in [7, 11) is 0. The Hall–Kier alpha value is -5.26. The first-order valence-corrected chi connectivity index (χ1v) is 23.4. The number of aromatic hydroxyl groups is 2. The van der Waals surface area contributed by atoms with Gasteiger partial charge in [-0.15, -0.1) is 0 Å². The third kappa shape index (κ3) is 11.4. The molecule has 16 nitrogen and oxygen atoms in total. The molecule has 0 radical (unpaired) electrons. The van der Waals surface area contributed by atoms with Crippen LogP contribution in [0.3, 0.4) is 0 Å². The Labute approximate surface area is 381 Å². The van der Waals surface area contributed by atoms with Crippen LogP contribution in [0.25, 0.3) is 0 Å². The van der Waals surface area contributed by atoms with Crippen molar-refractivity contribution in [3.63, 3.8) is 0 Å². The zero-order chi connectivity index (χ0) is 45.3. The van der Waals surface area contributed by atoms with E-state index in [-0.39, 0.29) is 47.0 Å². The normalized spacial score (nSPS) is 19.4. The van der Waals surface area contributed by atoms with Crippen LogP contribution in [0, 0.1) is 12.8 Å². The zero-order valence-corrected chi connectivity index (χ0v) is 37.6. The number of hydrogen-bond acceptors (Lipinski definition) is 13. The Kier molecular flexibility index (Phi) is 15.5. The number of phenols is 2. The topological polar surface area (TPSA) is 183 Å². The number of anilines is 1. The second kappa shape index (κ2) is 21.8. The van der Waals surface area contributed by atoms with Crippen LogP contribution < -0.4 is 15.4 Å². The van der Waals surface area contributed by atoms with Gasteiger partial charge in [-0.05, 0) is 60.9 Å². The number of piperidine rings is 1. The Bertz CT molecular complexity index is 2190. The van der Waals surface area contributed by atoms with E-state index in [1.54, 1.807) is 22.8 Å². The summed E-state index contributed by atoms with van der Waals surface area (Å²) in [6.07, 6.45) is 6.32. The number of ether oxygens (including phenoxy) is 4. The third-order valence-electron chi connectivity index (χ3n) is 13.5. The maximum absolute atomic E-state index is 14.0. The van der Waals surface area contributed by atoms with Gasteiger partial charge in [0.15, 0.2) is 0 Å². The number of rotatable bonds is 20. The van der Waals surface area contributed by atoms with Crippen molar-refractivity contribution >= 4 is 29.3 Å². The number of imide groups is 1. The Morgan fingerprint density at radius 2 is 1.52 bits per heavy atom. The molecule has 5 aliphatic rings. The molecule has 0 spiro atoms. The average molecular weight is 897 g/mol. The van der Waals surface area contributed by atoms with Crippen molar-refractivity contribution in [3.05, 3.63) is 81.4 Å². The highest BCUT2D eigenvalue weighted by atomic mass is 16.5. The monoisotopic (exact) mass is 896 g/mol. The maximum atomic E-state index is 14.0. The molecule has 4 amide bonds. The van der Waals surface area contributed by atoms with Crippen molar-refractivity contribution in [1.29, 1.82) is 0 Å². The fourth-order valence-electron chi connectivity index (χ4n) is 9.69. The molecule has 16 heteroatoms. The van der Waals surface area contributed by atoms with E-state index in [2.05, 4.69) is 38.6 Å². The van der Waals surface area contributed by atoms with Crippen molar-refractivity contribution in [2.45, 2.75) is 84.1 Å². The molecule has 8 rings (SSSR count). The predicted octanol–water partition coefficient (Wildman–Crippen LogP) is 4.56. The lowest BCUT2D eigenvalue weighted by molar-refractivity contribution is -0.136. The summed E-state index contributed by atoms with van der Waals surface area (Å²) in [6.45, 7) is 12.5. The molecule has 4 N–H and O–H groups in total. The molecule has 0 bridgehead atoms. The number of carbonyl (C=O) groups is 4. The minimum absolute atomic E-state index is 0.0795. The summed E-state index contributed by atoms with van der Waals surface area (Å²) < 4.78 is 23.5. The standard InChI is InChI=1S/C49H64N6O10/c1-33-42(56)27-43(57)45(46(33)65-32-34-6-3-2-4-7-34)49(61)54-29-36-11-10-35(26-37(36)30-54)28-53-17-15-52(16-18-53)19-21-63-23-25-64-24-22-62-20-14-50-40-9-5-8-38-39(40)31-55(48(38)60)41-12-13-44(58)51-47(41)59/h5,8-11,26-27,34,41,50,56-57H,2-4,6-7,12-25,28-32H2,1H3,(H,51,58,59). The molecular formula is C49H64N6O10. The third-order valence-corrected chi connectivity index (χ3v) is 13.5. The molecule has 350 valence electrons. The first-order valence-electron chi connectivity index (χ1n) is 23.4. The number of nitrogens with zero attached hydrogens (tertiary/aromatic N) is 4. The van der Waals surface area contributed by atoms with Crippen LogP contribution in [0.4, 0.5) is 5.69 Å². The summed E-state index contributed by atoms with van der Waals surface area (Å²) in [6, 6.07) is 12.6. The van der Waals surface area contributed by atoms with Gasteiger partial charge in [0.05, 0.1) is 46.2 Å². The van der Waals surface area contributed by atoms with Crippen molar-refractivity contribution < 1.29 is 48.3 Å². The Morgan fingerprint density at radius 1 is 0.800 bits per heavy atom. The summed E-state index contributed by atoms with van der Waals surface area (Å²) in [5.41, 5.74) is 6.29. The molecule has 3 aromatic rings. The van der Waals surface area contributed by atoms with Gasteiger partial charge < -0.3 is 44.3 Å². The minimum Gasteiger partial charge on any atom is -0.507 e. The Morgan fingerprint density at radius 3 is 2.29 bits per heavy atom. The smallest absolute Gasteiger partial charge is 0.262 e. The summed E-state index contributed by atoms with van der Waals surface area (Å²) in [5, 5.41) is 27.1. The predicted molar refractivity (Wildman–Crippen MR) is 242 cm³/mol. The fourth-order valence-corrected chi connectivity index (χ4v) is 9.69. The van der Waals surface area contributed by atoms with E-state index in [0.29, 0.717) is 95.9 Å². The largest absolute Gasteiger partial charge is 0.507 e. The lowest BCUT2D eigenvalue weighted by Crippen LogP contribution is -2.52. The van der Waals surface area contributed by atoms with Crippen molar-refractivity contribution in [1.82, 2.24) is 24.9 Å². The number of piperazine rings is 1. The SMILES string of the molecule is Cc1c(O)cc(O)c(C(=O)N2Cc3ccc(CN4CCN(CCOCCOCCOCCNc5cccc6c5CN(C5CCC(=O)NC5=O)C6=O)CC4)cc3C2)c1OCC1CCCCC1. The summed E-state index contributed by atoms with van der Waals surface area (Å²) in [4.78, 5) is 59.2. The van der Waals surface area contributed by atoms with Crippen LogP contribution >= 0.6 is 0 Å². The molecule has 0 aromatic heterocycles. The second-order valence-corrected chi connectivity index (χ2v) is 17.9. The van der Waals surface area contributed by atoms with Gasteiger partial charge in [-0.25, -0.2) is 0 Å². The molecule has 1 unspecified atom stereocenters. The van der Waals surface area contributed by atoms with E-state index >= 15 is 0 Å². The number of nitrogens with one attached hydrogen (secondary N) is 2. The van der Waals surface area contributed by atoms with Crippen LogP contribution in [-0.4, -0.2) is 145 Å². The summed E-state index contributed by atoms with van der Waals surface area (Å²) >= 11 is 0. The zero-order valence-electron chi connectivity index (χ0n) is 37.6. The first kappa shape index (κ1) is 46.3. The van der Waals surface area contributed by atoms with Crippen molar-refractivity contribution in [2.24, 2.45) is 5.92 Å². The van der Waals surface area contributed by atoms with Crippen LogP contribution in [0.5, 0.6) is 17.2 Å². The van der Waals surface area contributed by atoms with E-state index in [0.717, 1.165) is 74.5 Å². The fraction of sp³-hybridized carbons (Fsp3) is 0.551. The van der Waals surface area contributed by atoms with Gasteiger partial charge in [-0.1, -0.05) is 43.5 Å². The molecule has 3 fully saturated rings. The number of benzene rings is 3. The van der Waals surface area contributed by atoms with Gasteiger partial charge in [0.1, 0.15) is 28.9 Å². The Balaban J connectivity index is 0.671. The van der Waals surface area contributed by atoms with Gasteiger partial charge >= 0.3 is 0 Å². The lowest BCUT2D eigenvalue weighted by Gasteiger charge is -2.34. The molecular weight excluding hydrogens is 833 g/mol. The minimum atomic E-state index is -0.643. The highest BCUT2D eigenvalue weighted by molar-refractivity contribution is 6.06. The number of amides is 4. The van der Waals surface area contributed by atoms with Crippen molar-refractivity contribution in [2.75, 3.05) is 90.8 Å². The van der Waals surface area contributed by atoms with E-state index < -0.39 is 11.9 Å². The molecule has 2 saturated heterocycles. The quantitative estimate of drug-likeness (QED) is 0.0917. The average Bonchev–Trinajstić information content (AvgIpc) is 3.89. The molecule has 1 saturated carbocycles. The van der Waals surface area contributed by atoms with E-state index in [4.69, 9.17) is 18.9 Å². The molecule has 3 aromatic carbocycles. The van der Waals surface area contributed by atoms with Gasteiger partial charge in [0, 0.05) is 100 Å². The number of fused-ring (bicyclic) bond motifs is 2. The van der Waals surface area contributed by atoms with Crippen LogP contribution in [0.15, 0.2) is 42.5 Å².